The van der Waals surface area contributed by atoms with E-state index in [0.717, 1.165) is 12.1 Å². The fourth-order valence-electron chi connectivity index (χ4n) is 2.43. The Balaban J connectivity index is 1.80. The van der Waals surface area contributed by atoms with Gasteiger partial charge in [0.2, 0.25) is 0 Å². The van der Waals surface area contributed by atoms with Gasteiger partial charge in [-0.05, 0) is 43.9 Å². The minimum atomic E-state index is -2.88. The molecule has 0 bridgehead atoms. The average Bonchev–Trinajstić information content (AvgIpc) is 2.38. The second-order valence-electron chi connectivity index (χ2n) is 5.32. The van der Waals surface area contributed by atoms with Gasteiger partial charge in [-0.25, -0.2) is 17.8 Å². The SMILES string of the molecule is C[C@@H]1C[C@@H](CNCc2cnc(Cl)c(F)c2)CCS1(=O)=O. The molecule has 0 aliphatic carbocycles. The lowest BCUT2D eigenvalue weighted by Crippen LogP contribution is -2.35. The molecule has 2 heterocycles. The van der Waals surface area contributed by atoms with Crippen LogP contribution in [-0.4, -0.2) is 30.9 Å². The number of hydrogen-bond donors (Lipinski definition) is 1. The second-order valence-corrected chi connectivity index (χ2v) is 8.21. The van der Waals surface area contributed by atoms with E-state index in [9.17, 15) is 12.8 Å². The van der Waals surface area contributed by atoms with Gasteiger partial charge < -0.3 is 5.32 Å². The Morgan fingerprint density at radius 3 is 2.95 bits per heavy atom. The molecule has 0 radical (unpaired) electrons. The van der Waals surface area contributed by atoms with Crippen LogP contribution in [0.15, 0.2) is 12.3 Å². The van der Waals surface area contributed by atoms with Gasteiger partial charge in [0.05, 0.1) is 11.0 Å². The molecule has 1 aromatic heterocycles. The number of aromatic nitrogens is 1. The second kappa shape index (κ2) is 6.37. The van der Waals surface area contributed by atoms with Crippen LogP contribution in [0.2, 0.25) is 5.15 Å². The molecule has 0 unspecified atom stereocenters. The molecular weight excluding hydrogens is 303 g/mol. The van der Waals surface area contributed by atoms with E-state index in [0.29, 0.717) is 25.3 Å². The summed E-state index contributed by atoms with van der Waals surface area (Å²) in [5.74, 6) is 0.0828. The summed E-state index contributed by atoms with van der Waals surface area (Å²) >= 11 is 5.52. The number of nitrogens with one attached hydrogen (secondary N) is 1. The number of rotatable bonds is 4. The summed E-state index contributed by atoms with van der Waals surface area (Å²) in [7, 11) is -2.88. The number of pyridine rings is 1. The van der Waals surface area contributed by atoms with Crippen molar-refractivity contribution in [3.63, 3.8) is 0 Å². The predicted octanol–water partition coefficient (Wildman–Crippen LogP) is 2.18. The highest BCUT2D eigenvalue weighted by Crippen LogP contribution is 2.24. The van der Waals surface area contributed by atoms with Crippen molar-refractivity contribution in [3.05, 3.63) is 28.8 Å². The first-order valence-electron chi connectivity index (χ1n) is 6.60. The maximum Gasteiger partial charge on any atom is 0.164 e. The molecule has 20 heavy (non-hydrogen) atoms. The molecule has 2 rings (SSSR count). The highest BCUT2D eigenvalue weighted by Gasteiger charge is 2.30. The van der Waals surface area contributed by atoms with Gasteiger partial charge in [0.25, 0.3) is 0 Å². The summed E-state index contributed by atoms with van der Waals surface area (Å²) in [5.41, 5.74) is 0.725. The number of halogens is 2. The van der Waals surface area contributed by atoms with E-state index in [2.05, 4.69) is 10.3 Å². The zero-order valence-electron chi connectivity index (χ0n) is 11.3. The quantitative estimate of drug-likeness (QED) is 0.864. The van der Waals surface area contributed by atoms with E-state index in [1.807, 2.05) is 0 Å². The van der Waals surface area contributed by atoms with Crippen molar-refractivity contribution in [2.24, 2.45) is 5.92 Å². The summed E-state index contributed by atoms with van der Waals surface area (Å²) in [6.07, 6.45) is 2.90. The molecule has 1 aromatic rings. The molecule has 0 aromatic carbocycles. The van der Waals surface area contributed by atoms with Crippen molar-refractivity contribution in [1.29, 1.82) is 0 Å². The van der Waals surface area contributed by atoms with Gasteiger partial charge in [-0.3, -0.25) is 0 Å². The van der Waals surface area contributed by atoms with Gasteiger partial charge in [0.1, 0.15) is 0 Å². The number of hydrogen-bond acceptors (Lipinski definition) is 4. The first-order valence-corrected chi connectivity index (χ1v) is 8.70. The van der Waals surface area contributed by atoms with Crippen LogP contribution in [0.4, 0.5) is 4.39 Å². The summed E-state index contributed by atoms with van der Waals surface area (Å²) in [4.78, 5) is 3.75. The third kappa shape index (κ3) is 3.90. The first kappa shape index (κ1) is 15.7. The van der Waals surface area contributed by atoms with Crippen LogP contribution >= 0.6 is 11.6 Å². The molecule has 0 saturated carbocycles. The summed E-state index contributed by atoms with van der Waals surface area (Å²) in [6, 6.07) is 1.36. The molecular formula is C13H18ClFN2O2S. The Kier molecular flexibility index (Phi) is 4.99. The van der Waals surface area contributed by atoms with Gasteiger partial charge in [0.15, 0.2) is 20.8 Å². The van der Waals surface area contributed by atoms with Crippen LogP contribution in [0.25, 0.3) is 0 Å². The molecule has 1 aliphatic rings. The smallest absolute Gasteiger partial charge is 0.164 e. The molecule has 4 nitrogen and oxygen atoms in total. The van der Waals surface area contributed by atoms with E-state index in [-0.39, 0.29) is 16.2 Å². The van der Waals surface area contributed by atoms with E-state index < -0.39 is 15.7 Å². The number of nitrogens with zero attached hydrogens (tertiary/aromatic N) is 1. The third-order valence-corrected chi connectivity index (χ3v) is 6.21. The fraction of sp³-hybridized carbons (Fsp3) is 0.615. The van der Waals surface area contributed by atoms with E-state index in [1.165, 1.54) is 12.3 Å². The standard InChI is InChI=1S/C13H18ClFN2O2S/c1-9-4-10(2-3-20(9,18)19)6-16-7-11-5-12(15)13(14)17-8-11/h5,8-10,16H,2-4,6-7H2,1H3/t9-,10+/m1/s1. The molecule has 1 saturated heterocycles. The molecule has 1 fully saturated rings. The van der Waals surface area contributed by atoms with Gasteiger partial charge in [0, 0.05) is 12.7 Å². The summed E-state index contributed by atoms with van der Waals surface area (Å²) < 4.78 is 36.4. The third-order valence-electron chi connectivity index (χ3n) is 3.70. The Morgan fingerprint density at radius 1 is 1.55 bits per heavy atom. The first-order chi connectivity index (χ1) is 9.38. The molecule has 7 heteroatoms. The van der Waals surface area contributed by atoms with E-state index in [1.54, 1.807) is 6.92 Å². The Hall–Kier alpha value is -0.720. The minimum absolute atomic E-state index is 0.125. The lowest BCUT2D eigenvalue weighted by atomic mass is 10.00. The van der Waals surface area contributed by atoms with Gasteiger partial charge in [-0.2, -0.15) is 0 Å². The Labute approximate surface area is 123 Å². The maximum absolute atomic E-state index is 13.2. The van der Waals surface area contributed by atoms with E-state index >= 15 is 0 Å². The van der Waals surface area contributed by atoms with Crippen molar-refractivity contribution in [2.45, 2.75) is 31.6 Å². The minimum Gasteiger partial charge on any atom is -0.312 e. The Bertz CT molecular complexity index is 580. The molecule has 1 N–H and O–H groups in total. The van der Waals surface area contributed by atoms with Crippen LogP contribution in [-0.2, 0) is 16.4 Å². The van der Waals surface area contributed by atoms with Gasteiger partial charge >= 0.3 is 0 Å². The van der Waals surface area contributed by atoms with Crippen LogP contribution in [0.5, 0.6) is 0 Å². The Morgan fingerprint density at radius 2 is 2.30 bits per heavy atom. The lowest BCUT2D eigenvalue weighted by molar-refractivity contribution is 0.406. The molecule has 1 aliphatic heterocycles. The van der Waals surface area contributed by atoms with Crippen LogP contribution in [0, 0.1) is 11.7 Å². The predicted molar refractivity (Wildman–Crippen MR) is 76.9 cm³/mol. The molecule has 0 spiro atoms. The largest absolute Gasteiger partial charge is 0.312 e. The number of sulfone groups is 1. The van der Waals surface area contributed by atoms with Crippen molar-refractivity contribution in [2.75, 3.05) is 12.3 Å². The monoisotopic (exact) mass is 320 g/mol. The van der Waals surface area contributed by atoms with Crippen molar-refractivity contribution in [3.8, 4) is 0 Å². The average molecular weight is 321 g/mol. The van der Waals surface area contributed by atoms with Gasteiger partial charge in [-0.1, -0.05) is 11.6 Å². The maximum atomic E-state index is 13.2. The zero-order valence-corrected chi connectivity index (χ0v) is 12.8. The highest BCUT2D eigenvalue weighted by molar-refractivity contribution is 7.92. The van der Waals surface area contributed by atoms with Crippen molar-refractivity contribution >= 4 is 21.4 Å². The molecule has 0 amide bonds. The molecule has 112 valence electrons. The van der Waals surface area contributed by atoms with E-state index in [4.69, 9.17) is 11.6 Å². The zero-order chi connectivity index (χ0) is 14.8. The van der Waals surface area contributed by atoms with Crippen molar-refractivity contribution in [1.82, 2.24) is 10.3 Å². The fourth-order valence-corrected chi connectivity index (χ4v) is 4.16. The van der Waals surface area contributed by atoms with Crippen LogP contribution in [0.1, 0.15) is 25.3 Å². The normalized spacial score (nSPS) is 25.6. The van der Waals surface area contributed by atoms with Gasteiger partial charge in [-0.15, -0.1) is 0 Å². The highest BCUT2D eigenvalue weighted by atomic mass is 35.5. The van der Waals surface area contributed by atoms with Crippen molar-refractivity contribution < 1.29 is 12.8 Å². The summed E-state index contributed by atoms with van der Waals surface area (Å²) in [5, 5.41) is 2.83. The summed E-state index contributed by atoms with van der Waals surface area (Å²) in [6.45, 7) is 2.99. The topological polar surface area (TPSA) is 59.1 Å². The van der Waals surface area contributed by atoms with Crippen LogP contribution < -0.4 is 5.32 Å². The van der Waals surface area contributed by atoms with Crippen LogP contribution in [0.3, 0.4) is 0 Å². The lowest BCUT2D eigenvalue weighted by Gasteiger charge is -2.27. The molecule has 2 atom stereocenters.